The number of hydrogen-bond acceptors (Lipinski definition) is 3. The minimum atomic E-state index is -3.36. The van der Waals surface area contributed by atoms with E-state index >= 15 is 0 Å². The van der Waals surface area contributed by atoms with E-state index in [0.29, 0.717) is 0 Å². The second-order valence-corrected chi connectivity index (χ2v) is 13.5. The molecule has 0 saturated heterocycles. The maximum atomic E-state index is 13.4. The number of rotatable bonds is 2. The minimum Gasteiger partial charge on any atom is -0.456 e. The Labute approximate surface area is 248 Å². The number of aromatic nitrogens is 1. The van der Waals surface area contributed by atoms with Crippen molar-refractivity contribution < 1.29 is 12.8 Å². The van der Waals surface area contributed by atoms with Crippen molar-refractivity contribution in [3.63, 3.8) is 0 Å². The summed E-state index contributed by atoms with van der Waals surface area (Å²) in [7, 11) is -3.36. The Morgan fingerprint density at radius 3 is 1.93 bits per heavy atom. The molecule has 0 saturated carbocycles. The van der Waals surface area contributed by atoms with Crippen LogP contribution in [-0.4, -0.2) is 13.0 Å². The molecular weight excluding hydrogens is 550 g/mol. The zero-order chi connectivity index (χ0) is 28.7. The van der Waals surface area contributed by atoms with E-state index in [1.807, 2.05) is 30.3 Å². The lowest BCUT2D eigenvalue weighted by atomic mass is 9.93. The molecule has 0 unspecified atom stereocenters. The molecule has 0 spiro atoms. The van der Waals surface area contributed by atoms with E-state index in [1.165, 1.54) is 10.8 Å². The summed E-state index contributed by atoms with van der Waals surface area (Å²) in [5.41, 5.74) is 10.5. The molecule has 6 aromatic carbocycles. The molecule has 0 aliphatic carbocycles. The monoisotopic (exact) mass is 575 g/mol. The van der Waals surface area contributed by atoms with Crippen LogP contribution in [0.15, 0.2) is 132 Å². The molecule has 2 aromatic heterocycles. The molecule has 3 heterocycles. The molecule has 43 heavy (non-hydrogen) atoms. The lowest BCUT2D eigenvalue weighted by Crippen LogP contribution is -2.05. The normalized spacial score (nSPS) is 14.2. The fourth-order valence-electron chi connectivity index (χ4n) is 6.87. The van der Waals surface area contributed by atoms with Crippen molar-refractivity contribution in [2.75, 3.05) is 0 Å². The molecule has 0 atom stereocenters. The topological polar surface area (TPSA) is 52.2 Å². The Hall–Kier alpha value is -5.13. The third-order valence-electron chi connectivity index (χ3n) is 8.79. The molecule has 0 N–H and O–H groups in total. The van der Waals surface area contributed by atoms with Crippen molar-refractivity contribution in [1.29, 1.82) is 0 Å². The van der Waals surface area contributed by atoms with Crippen LogP contribution in [0.4, 0.5) is 0 Å². The summed E-state index contributed by atoms with van der Waals surface area (Å²) in [6.07, 6.45) is 0. The van der Waals surface area contributed by atoms with Crippen molar-refractivity contribution in [3.8, 4) is 27.9 Å². The van der Waals surface area contributed by atoms with Crippen LogP contribution in [0.5, 0.6) is 0 Å². The molecule has 8 aromatic rings. The Kier molecular flexibility index (Phi) is 5.08. The van der Waals surface area contributed by atoms with Crippen molar-refractivity contribution in [1.82, 2.24) is 4.57 Å². The van der Waals surface area contributed by atoms with Gasteiger partial charge in [0.05, 0.1) is 22.5 Å². The van der Waals surface area contributed by atoms with Crippen LogP contribution < -0.4 is 0 Å². The molecule has 0 radical (unpaired) electrons. The average molecular weight is 576 g/mol. The van der Waals surface area contributed by atoms with Gasteiger partial charge in [-0.2, -0.15) is 0 Å². The highest BCUT2D eigenvalue weighted by Crippen LogP contribution is 2.40. The molecule has 1 aliphatic rings. The van der Waals surface area contributed by atoms with E-state index in [-0.39, 0.29) is 11.5 Å². The molecule has 5 heteroatoms. The average Bonchev–Trinajstić information content (AvgIpc) is 3.53. The number of para-hydroxylation sites is 3. The van der Waals surface area contributed by atoms with E-state index < -0.39 is 9.84 Å². The zero-order valence-corrected chi connectivity index (χ0v) is 23.9. The SMILES string of the molecule is O=S1(=O)Cc2cc(-c3ccc4c(c3)oc3ccccc34)ccc2-c2cc(-n3c4ccccc4c4ccccc43)ccc2C1. The molecule has 206 valence electrons. The number of benzene rings is 6. The maximum Gasteiger partial charge on any atom is 0.158 e. The van der Waals surface area contributed by atoms with Crippen LogP contribution in [0.1, 0.15) is 11.1 Å². The van der Waals surface area contributed by atoms with E-state index in [4.69, 9.17) is 4.42 Å². The number of nitrogens with zero attached hydrogens (tertiary/aromatic N) is 1. The first-order valence-electron chi connectivity index (χ1n) is 14.4. The fourth-order valence-corrected chi connectivity index (χ4v) is 8.41. The number of fused-ring (bicyclic) bond motifs is 9. The Balaban J connectivity index is 1.22. The molecule has 0 bridgehead atoms. The van der Waals surface area contributed by atoms with Crippen LogP contribution in [0, 0.1) is 0 Å². The second kappa shape index (κ2) is 8.93. The number of hydrogen-bond donors (Lipinski definition) is 0. The van der Waals surface area contributed by atoms with Gasteiger partial charge in [0.2, 0.25) is 0 Å². The third-order valence-corrected chi connectivity index (χ3v) is 10.3. The molecular formula is C38H25NO3S. The first-order chi connectivity index (χ1) is 21.0. The molecule has 0 fully saturated rings. The fraction of sp³-hybridized carbons (Fsp3) is 0.0526. The van der Waals surface area contributed by atoms with E-state index in [9.17, 15) is 8.42 Å². The van der Waals surface area contributed by atoms with Gasteiger partial charge in [0.25, 0.3) is 0 Å². The molecule has 4 nitrogen and oxygen atoms in total. The Bertz CT molecular complexity index is 2480. The summed E-state index contributed by atoms with van der Waals surface area (Å²) in [4.78, 5) is 0. The highest BCUT2D eigenvalue weighted by atomic mass is 32.2. The third kappa shape index (κ3) is 3.78. The largest absolute Gasteiger partial charge is 0.456 e. The summed E-state index contributed by atoms with van der Waals surface area (Å²) in [6, 6.07) is 43.6. The number of furan rings is 1. The maximum absolute atomic E-state index is 13.4. The van der Waals surface area contributed by atoms with Gasteiger partial charge >= 0.3 is 0 Å². The lowest BCUT2D eigenvalue weighted by Gasteiger charge is -2.14. The van der Waals surface area contributed by atoms with Gasteiger partial charge in [-0.15, -0.1) is 0 Å². The zero-order valence-electron chi connectivity index (χ0n) is 23.1. The summed E-state index contributed by atoms with van der Waals surface area (Å²) in [6.45, 7) is 0. The highest BCUT2D eigenvalue weighted by Gasteiger charge is 2.25. The Morgan fingerprint density at radius 1 is 0.512 bits per heavy atom. The molecule has 0 amide bonds. The van der Waals surface area contributed by atoms with Crippen LogP contribution in [0.3, 0.4) is 0 Å². The summed E-state index contributed by atoms with van der Waals surface area (Å²) < 4.78 is 35.1. The standard InChI is InChI=1S/C38H25NO3S/c40-43(41)22-26-13-16-28(39-35-10-4-1-7-30(35)31-8-2-5-11-36(31)39)21-34(26)29-17-14-24(19-27(29)23-43)25-15-18-33-32-9-3-6-12-37(32)42-38(33)20-25/h1-21H,22-23H2. The van der Waals surface area contributed by atoms with E-state index in [1.54, 1.807) is 0 Å². The van der Waals surface area contributed by atoms with Crippen LogP contribution in [0.25, 0.3) is 71.7 Å². The van der Waals surface area contributed by atoms with E-state index in [0.717, 1.165) is 72.0 Å². The van der Waals surface area contributed by atoms with Gasteiger partial charge in [-0.1, -0.05) is 78.9 Å². The van der Waals surface area contributed by atoms with Gasteiger partial charge in [-0.3, -0.25) is 0 Å². The first-order valence-corrected chi connectivity index (χ1v) is 16.2. The predicted molar refractivity (Wildman–Crippen MR) is 175 cm³/mol. The smallest absolute Gasteiger partial charge is 0.158 e. The van der Waals surface area contributed by atoms with Crippen LogP contribution >= 0.6 is 0 Å². The van der Waals surface area contributed by atoms with Gasteiger partial charge in [0.1, 0.15) is 11.2 Å². The van der Waals surface area contributed by atoms with Crippen molar-refractivity contribution in [2.45, 2.75) is 11.5 Å². The van der Waals surface area contributed by atoms with Crippen LogP contribution in [0.2, 0.25) is 0 Å². The van der Waals surface area contributed by atoms with Gasteiger partial charge in [0, 0.05) is 27.2 Å². The summed E-state index contributed by atoms with van der Waals surface area (Å²) in [5, 5.41) is 4.56. The number of sulfone groups is 1. The Morgan fingerprint density at radius 2 is 1.14 bits per heavy atom. The van der Waals surface area contributed by atoms with E-state index in [2.05, 4.69) is 102 Å². The van der Waals surface area contributed by atoms with Gasteiger partial charge in [-0.05, 0) is 81.9 Å². The minimum absolute atomic E-state index is 0.00243. The van der Waals surface area contributed by atoms with Gasteiger partial charge in [-0.25, -0.2) is 8.42 Å². The first kappa shape index (κ1) is 24.5. The predicted octanol–water partition coefficient (Wildman–Crippen LogP) is 9.45. The lowest BCUT2D eigenvalue weighted by molar-refractivity contribution is 0.595. The molecule has 1 aliphatic heterocycles. The van der Waals surface area contributed by atoms with Gasteiger partial charge < -0.3 is 8.98 Å². The van der Waals surface area contributed by atoms with Crippen LogP contribution in [-0.2, 0) is 21.3 Å². The summed E-state index contributed by atoms with van der Waals surface area (Å²) >= 11 is 0. The van der Waals surface area contributed by atoms with Crippen molar-refractivity contribution in [3.05, 3.63) is 139 Å². The quantitative estimate of drug-likeness (QED) is 0.206. The van der Waals surface area contributed by atoms with Crippen molar-refractivity contribution >= 4 is 53.6 Å². The second-order valence-electron chi connectivity index (χ2n) is 11.4. The molecule has 9 rings (SSSR count). The van der Waals surface area contributed by atoms with Crippen molar-refractivity contribution in [2.24, 2.45) is 0 Å². The highest BCUT2D eigenvalue weighted by molar-refractivity contribution is 7.89. The van der Waals surface area contributed by atoms with Gasteiger partial charge in [0.15, 0.2) is 9.84 Å². The summed E-state index contributed by atoms with van der Waals surface area (Å²) in [5.74, 6) is 0.0210.